The Bertz CT molecular complexity index is 423. The molecule has 2 N–H and O–H groups in total. The maximum Gasteiger partial charge on any atom is 0.123 e. The molecule has 1 atom stereocenters. The molecule has 0 spiro atoms. The van der Waals surface area contributed by atoms with E-state index in [0.29, 0.717) is 0 Å². The molecule has 1 nitrogen and oxygen atoms in total. The van der Waals surface area contributed by atoms with Crippen molar-refractivity contribution >= 4 is 0 Å². The number of nitrogens with two attached hydrogens (primary N) is 1. The third-order valence-corrected chi connectivity index (χ3v) is 3.51. The molecule has 92 valence electrons. The molecular formula is C15H20FN. The van der Waals surface area contributed by atoms with Crippen molar-refractivity contribution in [2.45, 2.75) is 45.1 Å². The second-order valence-electron chi connectivity index (χ2n) is 4.92. The summed E-state index contributed by atoms with van der Waals surface area (Å²) >= 11 is 0. The maximum absolute atomic E-state index is 13.2. The van der Waals surface area contributed by atoms with Crippen LogP contribution in [0.15, 0.2) is 29.8 Å². The van der Waals surface area contributed by atoms with Gasteiger partial charge in [0.2, 0.25) is 0 Å². The quantitative estimate of drug-likeness (QED) is 0.784. The molecule has 2 rings (SSSR count). The monoisotopic (exact) mass is 233 g/mol. The van der Waals surface area contributed by atoms with Gasteiger partial charge in [-0.05, 0) is 62.3 Å². The topological polar surface area (TPSA) is 26.0 Å². The Morgan fingerprint density at radius 3 is 2.88 bits per heavy atom. The molecule has 0 saturated heterocycles. The van der Waals surface area contributed by atoms with Gasteiger partial charge in [0.05, 0.1) is 0 Å². The van der Waals surface area contributed by atoms with E-state index in [1.54, 1.807) is 12.1 Å². The molecule has 0 aromatic heterocycles. The first kappa shape index (κ1) is 12.3. The first-order chi connectivity index (χ1) is 8.16. The van der Waals surface area contributed by atoms with Crippen LogP contribution in [-0.2, 0) is 0 Å². The van der Waals surface area contributed by atoms with E-state index in [0.717, 1.165) is 24.0 Å². The lowest BCUT2D eigenvalue weighted by atomic mass is 9.90. The van der Waals surface area contributed by atoms with Gasteiger partial charge in [-0.3, -0.25) is 0 Å². The fraction of sp³-hybridized carbons (Fsp3) is 0.467. The highest BCUT2D eigenvalue weighted by Crippen LogP contribution is 2.27. The van der Waals surface area contributed by atoms with E-state index >= 15 is 0 Å². The first-order valence-electron chi connectivity index (χ1n) is 6.36. The summed E-state index contributed by atoms with van der Waals surface area (Å²) in [6.45, 7) is 1.99. The molecular weight excluding hydrogens is 213 g/mol. The van der Waals surface area contributed by atoms with Gasteiger partial charge in [-0.1, -0.05) is 17.7 Å². The summed E-state index contributed by atoms with van der Waals surface area (Å²) in [6.07, 6.45) is 8.05. The summed E-state index contributed by atoms with van der Waals surface area (Å²) in [5.41, 5.74) is 9.65. The molecule has 1 unspecified atom stereocenters. The van der Waals surface area contributed by atoms with Gasteiger partial charge in [-0.2, -0.15) is 0 Å². The minimum Gasteiger partial charge on any atom is -0.324 e. The number of rotatable bonds is 3. The van der Waals surface area contributed by atoms with Gasteiger partial charge in [-0.15, -0.1) is 0 Å². The first-order valence-corrected chi connectivity index (χ1v) is 6.36. The van der Waals surface area contributed by atoms with Gasteiger partial charge in [0.25, 0.3) is 0 Å². The number of halogens is 1. The van der Waals surface area contributed by atoms with Crippen molar-refractivity contribution < 1.29 is 4.39 Å². The summed E-state index contributed by atoms with van der Waals surface area (Å²) in [6, 6.07) is 4.80. The molecule has 0 aliphatic heterocycles. The molecule has 17 heavy (non-hydrogen) atoms. The second-order valence-corrected chi connectivity index (χ2v) is 4.92. The lowest BCUT2D eigenvalue weighted by Gasteiger charge is -2.19. The normalized spacial score (nSPS) is 17.7. The van der Waals surface area contributed by atoms with E-state index in [-0.39, 0.29) is 11.9 Å². The zero-order valence-electron chi connectivity index (χ0n) is 10.4. The third-order valence-electron chi connectivity index (χ3n) is 3.51. The molecule has 1 aromatic carbocycles. The molecule has 0 saturated carbocycles. The smallest absolute Gasteiger partial charge is 0.123 e. The number of benzene rings is 1. The number of hydrogen-bond donors (Lipinski definition) is 1. The summed E-state index contributed by atoms with van der Waals surface area (Å²) in [5.74, 6) is -0.196. The lowest BCUT2D eigenvalue weighted by Crippen LogP contribution is -2.13. The van der Waals surface area contributed by atoms with Crippen molar-refractivity contribution in [2.75, 3.05) is 0 Å². The fourth-order valence-electron chi connectivity index (χ4n) is 2.49. The zero-order chi connectivity index (χ0) is 12.3. The van der Waals surface area contributed by atoms with Crippen LogP contribution >= 0.6 is 0 Å². The zero-order valence-corrected chi connectivity index (χ0v) is 10.4. The van der Waals surface area contributed by atoms with Gasteiger partial charge < -0.3 is 5.73 Å². The average molecular weight is 233 g/mol. The van der Waals surface area contributed by atoms with Crippen LogP contribution in [0, 0.1) is 12.7 Å². The minimum absolute atomic E-state index is 0.0740. The van der Waals surface area contributed by atoms with E-state index in [1.807, 2.05) is 6.92 Å². The van der Waals surface area contributed by atoms with Crippen LogP contribution in [0.2, 0.25) is 0 Å². The molecule has 0 bridgehead atoms. The summed E-state index contributed by atoms with van der Waals surface area (Å²) in [5, 5.41) is 0. The predicted octanol–water partition coefficient (Wildman–Crippen LogP) is 4.02. The van der Waals surface area contributed by atoms with Crippen LogP contribution in [0.3, 0.4) is 0 Å². The van der Waals surface area contributed by atoms with E-state index in [9.17, 15) is 4.39 Å². The van der Waals surface area contributed by atoms with E-state index in [4.69, 9.17) is 5.73 Å². The average Bonchev–Trinajstić information content (AvgIpc) is 2.33. The highest BCUT2D eigenvalue weighted by molar-refractivity contribution is 5.30. The Hall–Kier alpha value is -1.15. The van der Waals surface area contributed by atoms with Crippen LogP contribution in [0.5, 0.6) is 0 Å². The summed E-state index contributed by atoms with van der Waals surface area (Å²) < 4.78 is 13.2. The van der Waals surface area contributed by atoms with Crippen LogP contribution < -0.4 is 5.73 Å². The largest absolute Gasteiger partial charge is 0.324 e. The van der Waals surface area contributed by atoms with Gasteiger partial charge in [0.15, 0.2) is 0 Å². The van der Waals surface area contributed by atoms with Crippen LogP contribution in [-0.4, -0.2) is 0 Å². The molecule has 1 aromatic rings. The number of allylic oxidation sites excluding steroid dienone is 1. The Labute approximate surface area is 103 Å². The highest BCUT2D eigenvalue weighted by atomic mass is 19.1. The van der Waals surface area contributed by atoms with Crippen LogP contribution in [0.1, 0.15) is 49.3 Å². The lowest BCUT2D eigenvalue weighted by molar-refractivity contribution is 0.605. The van der Waals surface area contributed by atoms with Crippen LogP contribution in [0.4, 0.5) is 4.39 Å². The van der Waals surface area contributed by atoms with Crippen molar-refractivity contribution in [3.8, 4) is 0 Å². The van der Waals surface area contributed by atoms with Crippen molar-refractivity contribution in [1.82, 2.24) is 0 Å². The number of aryl methyl sites for hydroxylation is 1. The summed E-state index contributed by atoms with van der Waals surface area (Å²) in [4.78, 5) is 0. The fourth-order valence-corrected chi connectivity index (χ4v) is 2.49. The third kappa shape index (κ3) is 3.16. The number of hydrogen-bond acceptors (Lipinski definition) is 1. The van der Waals surface area contributed by atoms with E-state index < -0.39 is 0 Å². The van der Waals surface area contributed by atoms with Gasteiger partial charge in [-0.25, -0.2) is 4.39 Å². The Kier molecular flexibility index (Phi) is 3.95. The van der Waals surface area contributed by atoms with E-state index in [2.05, 4.69) is 6.08 Å². The molecule has 2 heteroatoms. The SMILES string of the molecule is Cc1ccc(F)cc1C(N)CC1=CCCCC1. The van der Waals surface area contributed by atoms with Crippen molar-refractivity contribution in [3.63, 3.8) is 0 Å². The molecule has 0 radical (unpaired) electrons. The van der Waals surface area contributed by atoms with Crippen LogP contribution in [0.25, 0.3) is 0 Å². The van der Waals surface area contributed by atoms with Crippen molar-refractivity contribution in [2.24, 2.45) is 5.73 Å². The summed E-state index contributed by atoms with van der Waals surface area (Å²) in [7, 11) is 0. The Morgan fingerprint density at radius 2 is 2.18 bits per heavy atom. The molecule has 0 heterocycles. The van der Waals surface area contributed by atoms with Gasteiger partial charge in [0.1, 0.15) is 5.82 Å². The molecule has 1 aliphatic carbocycles. The van der Waals surface area contributed by atoms with Gasteiger partial charge >= 0.3 is 0 Å². The van der Waals surface area contributed by atoms with Gasteiger partial charge in [0, 0.05) is 6.04 Å². The Balaban J connectivity index is 2.10. The Morgan fingerprint density at radius 1 is 1.35 bits per heavy atom. The molecule has 0 amide bonds. The maximum atomic E-state index is 13.2. The van der Waals surface area contributed by atoms with E-state index in [1.165, 1.54) is 30.9 Å². The predicted molar refractivity (Wildman–Crippen MR) is 69.2 cm³/mol. The van der Waals surface area contributed by atoms with Crippen molar-refractivity contribution in [3.05, 3.63) is 46.8 Å². The minimum atomic E-state index is -0.196. The second kappa shape index (κ2) is 5.46. The van der Waals surface area contributed by atoms with Crippen molar-refractivity contribution in [1.29, 1.82) is 0 Å². The highest BCUT2D eigenvalue weighted by Gasteiger charge is 2.13. The standard InChI is InChI=1S/C15H20FN/c1-11-7-8-13(16)10-14(11)15(17)9-12-5-3-2-4-6-12/h5,7-8,10,15H,2-4,6,9,17H2,1H3. The molecule has 0 fully saturated rings. The molecule has 1 aliphatic rings.